The standard InChI is InChI=1S/C15H19ClN2O2/c16-12-3-1-2-4-13(12)18-9-5-11(6-10-18)17-15(7-8-15)14(19)20/h1-4,11,17H,5-10H2,(H,19,20). The van der Waals surface area contributed by atoms with Gasteiger partial charge in [-0.05, 0) is 37.8 Å². The largest absolute Gasteiger partial charge is 0.480 e. The molecule has 1 heterocycles. The molecule has 2 N–H and O–H groups in total. The summed E-state index contributed by atoms with van der Waals surface area (Å²) in [7, 11) is 0. The number of carboxylic acids is 1. The Morgan fingerprint density at radius 1 is 1.30 bits per heavy atom. The van der Waals surface area contributed by atoms with Crippen molar-refractivity contribution < 1.29 is 9.90 Å². The van der Waals surface area contributed by atoms with Crippen molar-refractivity contribution in [3.05, 3.63) is 29.3 Å². The average Bonchev–Trinajstić information content (AvgIpc) is 3.21. The number of aliphatic carboxylic acids is 1. The Hall–Kier alpha value is -1.26. The van der Waals surface area contributed by atoms with Crippen molar-refractivity contribution in [3.63, 3.8) is 0 Å². The summed E-state index contributed by atoms with van der Waals surface area (Å²) in [6.07, 6.45) is 3.43. The van der Waals surface area contributed by atoms with Gasteiger partial charge in [-0.3, -0.25) is 10.1 Å². The highest BCUT2D eigenvalue weighted by molar-refractivity contribution is 6.33. The second kappa shape index (κ2) is 5.26. The van der Waals surface area contributed by atoms with Crippen LogP contribution < -0.4 is 10.2 Å². The molecule has 0 aromatic heterocycles. The monoisotopic (exact) mass is 294 g/mol. The number of rotatable bonds is 4. The maximum Gasteiger partial charge on any atom is 0.323 e. The third-order valence-electron chi connectivity index (χ3n) is 4.33. The van der Waals surface area contributed by atoms with Crippen LogP contribution in [0, 0.1) is 0 Å². The van der Waals surface area contributed by atoms with Crippen LogP contribution in [0.4, 0.5) is 5.69 Å². The molecule has 20 heavy (non-hydrogen) atoms. The van der Waals surface area contributed by atoms with E-state index in [0.29, 0.717) is 6.04 Å². The molecule has 0 atom stereocenters. The van der Waals surface area contributed by atoms with Crippen molar-refractivity contribution in [1.82, 2.24) is 5.32 Å². The highest BCUT2D eigenvalue weighted by atomic mass is 35.5. The molecule has 0 unspecified atom stereocenters. The Balaban J connectivity index is 1.58. The number of hydrogen-bond donors (Lipinski definition) is 2. The minimum atomic E-state index is -0.703. The topological polar surface area (TPSA) is 52.6 Å². The predicted molar refractivity (Wildman–Crippen MR) is 79.4 cm³/mol. The Morgan fingerprint density at radius 3 is 2.50 bits per heavy atom. The number of benzene rings is 1. The van der Waals surface area contributed by atoms with Gasteiger partial charge < -0.3 is 10.0 Å². The molecular weight excluding hydrogens is 276 g/mol. The predicted octanol–water partition coefficient (Wildman–Crippen LogP) is 2.52. The van der Waals surface area contributed by atoms with E-state index in [0.717, 1.165) is 49.5 Å². The molecule has 5 heteroatoms. The fourth-order valence-electron chi connectivity index (χ4n) is 2.91. The first-order valence-electron chi connectivity index (χ1n) is 7.11. The van der Waals surface area contributed by atoms with Gasteiger partial charge in [-0.1, -0.05) is 23.7 Å². The molecule has 1 aromatic carbocycles. The minimum Gasteiger partial charge on any atom is -0.480 e. The molecule has 1 saturated carbocycles. The van der Waals surface area contributed by atoms with Gasteiger partial charge in [0.05, 0.1) is 10.7 Å². The number of hydrogen-bond acceptors (Lipinski definition) is 3. The van der Waals surface area contributed by atoms with Gasteiger partial charge in [0.1, 0.15) is 5.54 Å². The third kappa shape index (κ3) is 2.63. The molecule has 0 radical (unpaired) electrons. The number of piperidine rings is 1. The number of para-hydroxylation sites is 1. The highest BCUT2D eigenvalue weighted by Crippen LogP contribution is 2.37. The summed E-state index contributed by atoms with van der Waals surface area (Å²) in [6.45, 7) is 1.83. The van der Waals surface area contributed by atoms with Gasteiger partial charge in [-0.15, -0.1) is 0 Å². The van der Waals surface area contributed by atoms with E-state index in [-0.39, 0.29) is 0 Å². The van der Waals surface area contributed by atoms with Gasteiger partial charge >= 0.3 is 5.97 Å². The average molecular weight is 295 g/mol. The van der Waals surface area contributed by atoms with Gasteiger partial charge in [0, 0.05) is 19.1 Å². The van der Waals surface area contributed by atoms with Crippen molar-refractivity contribution >= 4 is 23.3 Å². The quantitative estimate of drug-likeness (QED) is 0.896. The molecule has 108 valence electrons. The maximum atomic E-state index is 11.2. The number of halogens is 1. The first-order valence-corrected chi connectivity index (χ1v) is 7.49. The lowest BCUT2D eigenvalue weighted by molar-refractivity contribution is -0.141. The summed E-state index contributed by atoms with van der Waals surface area (Å²) in [4.78, 5) is 13.5. The van der Waals surface area contributed by atoms with Crippen molar-refractivity contribution in [3.8, 4) is 0 Å². The molecule has 1 aromatic rings. The van der Waals surface area contributed by atoms with Crippen LogP contribution in [0.3, 0.4) is 0 Å². The molecule has 3 rings (SSSR count). The van der Waals surface area contributed by atoms with E-state index in [1.54, 1.807) is 0 Å². The van der Waals surface area contributed by atoms with Crippen LogP contribution in [-0.2, 0) is 4.79 Å². The molecule has 2 aliphatic rings. The molecule has 0 amide bonds. The van der Waals surface area contributed by atoms with E-state index in [2.05, 4.69) is 10.2 Å². The fraction of sp³-hybridized carbons (Fsp3) is 0.533. The molecule has 2 fully saturated rings. The van der Waals surface area contributed by atoms with E-state index in [1.165, 1.54) is 0 Å². The third-order valence-corrected chi connectivity index (χ3v) is 4.65. The summed E-state index contributed by atoms with van der Waals surface area (Å²) in [5.74, 6) is -0.703. The zero-order chi connectivity index (χ0) is 14.2. The molecule has 4 nitrogen and oxygen atoms in total. The lowest BCUT2D eigenvalue weighted by Crippen LogP contribution is -2.50. The van der Waals surface area contributed by atoms with E-state index in [4.69, 9.17) is 11.6 Å². The Bertz CT molecular complexity index is 508. The van der Waals surface area contributed by atoms with Crippen molar-refractivity contribution in [2.75, 3.05) is 18.0 Å². The van der Waals surface area contributed by atoms with Gasteiger partial charge in [-0.2, -0.15) is 0 Å². The van der Waals surface area contributed by atoms with E-state index >= 15 is 0 Å². The normalized spacial score (nSPS) is 21.8. The number of anilines is 1. The number of carbonyl (C=O) groups is 1. The number of nitrogens with zero attached hydrogens (tertiary/aromatic N) is 1. The number of carboxylic acid groups (broad SMARTS) is 1. The summed E-state index contributed by atoms with van der Waals surface area (Å²) >= 11 is 6.22. The van der Waals surface area contributed by atoms with Crippen LogP contribution in [-0.4, -0.2) is 35.7 Å². The highest BCUT2D eigenvalue weighted by Gasteiger charge is 2.51. The van der Waals surface area contributed by atoms with Crippen LogP contribution in [0.1, 0.15) is 25.7 Å². The Labute approximate surface area is 123 Å². The lowest BCUT2D eigenvalue weighted by Gasteiger charge is -2.35. The lowest BCUT2D eigenvalue weighted by atomic mass is 10.0. The Morgan fingerprint density at radius 2 is 1.95 bits per heavy atom. The van der Waals surface area contributed by atoms with Crippen molar-refractivity contribution in [2.24, 2.45) is 0 Å². The fourth-order valence-corrected chi connectivity index (χ4v) is 3.16. The molecule has 1 aliphatic carbocycles. The molecule has 1 aliphatic heterocycles. The second-order valence-electron chi connectivity index (χ2n) is 5.74. The summed E-state index contributed by atoms with van der Waals surface area (Å²) in [5, 5.41) is 13.3. The van der Waals surface area contributed by atoms with Crippen LogP contribution in [0.25, 0.3) is 0 Å². The zero-order valence-corrected chi connectivity index (χ0v) is 12.1. The number of nitrogens with one attached hydrogen (secondary N) is 1. The first kappa shape index (κ1) is 13.7. The van der Waals surface area contributed by atoms with Gasteiger partial charge in [0.25, 0.3) is 0 Å². The summed E-state index contributed by atoms with van der Waals surface area (Å²) < 4.78 is 0. The van der Waals surface area contributed by atoms with Gasteiger partial charge in [0.2, 0.25) is 0 Å². The first-order chi connectivity index (χ1) is 9.61. The van der Waals surface area contributed by atoms with Gasteiger partial charge in [0.15, 0.2) is 0 Å². The zero-order valence-electron chi connectivity index (χ0n) is 11.3. The van der Waals surface area contributed by atoms with Crippen LogP contribution in [0.5, 0.6) is 0 Å². The SMILES string of the molecule is O=C(O)C1(NC2CCN(c3ccccc3Cl)CC2)CC1. The summed E-state index contributed by atoms with van der Waals surface area (Å²) in [5.41, 5.74) is 0.448. The summed E-state index contributed by atoms with van der Waals surface area (Å²) in [6, 6.07) is 8.17. The van der Waals surface area contributed by atoms with Crippen molar-refractivity contribution in [1.29, 1.82) is 0 Å². The van der Waals surface area contributed by atoms with Crippen molar-refractivity contribution in [2.45, 2.75) is 37.3 Å². The minimum absolute atomic E-state index is 0.298. The Kier molecular flexibility index (Phi) is 3.61. The van der Waals surface area contributed by atoms with Crippen LogP contribution in [0.15, 0.2) is 24.3 Å². The van der Waals surface area contributed by atoms with Crippen LogP contribution >= 0.6 is 11.6 Å². The van der Waals surface area contributed by atoms with E-state index in [1.807, 2.05) is 24.3 Å². The van der Waals surface area contributed by atoms with Crippen LogP contribution in [0.2, 0.25) is 5.02 Å². The second-order valence-corrected chi connectivity index (χ2v) is 6.15. The maximum absolute atomic E-state index is 11.2. The molecule has 0 spiro atoms. The molecule has 1 saturated heterocycles. The smallest absolute Gasteiger partial charge is 0.323 e. The van der Waals surface area contributed by atoms with E-state index < -0.39 is 11.5 Å². The molecule has 0 bridgehead atoms. The van der Waals surface area contributed by atoms with E-state index in [9.17, 15) is 9.90 Å². The van der Waals surface area contributed by atoms with Gasteiger partial charge in [-0.25, -0.2) is 0 Å². The molecular formula is C15H19ClN2O2.